The van der Waals surface area contributed by atoms with Crippen LogP contribution < -0.4 is 0 Å². The van der Waals surface area contributed by atoms with Gasteiger partial charge in [-0.2, -0.15) is 0 Å². The predicted octanol–water partition coefficient (Wildman–Crippen LogP) is 3.77. The Bertz CT molecular complexity index is 1360. The lowest BCUT2D eigenvalue weighted by Crippen LogP contribution is -2.57. The molecule has 0 saturated carbocycles. The highest BCUT2D eigenvalue weighted by molar-refractivity contribution is 8.02. The average molecular weight is 573 g/mol. The number of ether oxygens (including phenoxy) is 1. The molecule has 4 heterocycles. The number of fused-ring (bicyclic) bond motifs is 2. The number of rotatable bonds is 6. The van der Waals surface area contributed by atoms with Crippen LogP contribution in [0.3, 0.4) is 0 Å². The van der Waals surface area contributed by atoms with E-state index in [1.807, 2.05) is 79.7 Å². The number of aliphatic hydroxyl groups excluding tert-OH is 1. The molecule has 0 radical (unpaired) electrons. The van der Waals surface area contributed by atoms with Crippen LogP contribution in [0.25, 0.3) is 0 Å². The fourth-order valence-electron chi connectivity index (χ4n) is 7.10. The molecule has 2 fully saturated rings. The van der Waals surface area contributed by atoms with Crippen molar-refractivity contribution >= 4 is 29.5 Å². The standard InChI is InChI=1S/C33H36N2O5S/c1-32-16-9-4-10-19-40-31(39)27(32)26-29(37)35(25(22-36)20-23-12-5-2-6-13-23)28-30(38)34(18-11-17-33(26,28)41-32)21-24-14-7-3-8-15-24/h2-3,5-9,11-17,25-28,36H,4,10,18-22H2,1H3/b16-9-/t25-,26+,27-,28?,32+,33+/m1/s1. The van der Waals surface area contributed by atoms with Gasteiger partial charge in [-0.3, -0.25) is 14.4 Å². The summed E-state index contributed by atoms with van der Waals surface area (Å²) in [4.78, 5) is 46.4. The molecule has 2 saturated heterocycles. The molecule has 0 bridgehead atoms. The van der Waals surface area contributed by atoms with Crippen molar-refractivity contribution in [2.45, 2.75) is 54.3 Å². The summed E-state index contributed by atoms with van der Waals surface area (Å²) in [6, 6.07) is 18.0. The fourth-order valence-corrected chi connectivity index (χ4v) is 9.24. The second-order valence-electron chi connectivity index (χ2n) is 11.6. The van der Waals surface area contributed by atoms with Crippen LogP contribution in [-0.4, -0.2) is 74.0 Å². The normalized spacial score (nSPS) is 32.6. The number of hydrogen-bond donors (Lipinski definition) is 1. The summed E-state index contributed by atoms with van der Waals surface area (Å²) < 4.78 is 4.02. The van der Waals surface area contributed by atoms with E-state index in [4.69, 9.17) is 4.74 Å². The average Bonchev–Trinajstić information content (AvgIpc) is 3.34. The molecule has 214 valence electrons. The van der Waals surface area contributed by atoms with Gasteiger partial charge in [0.2, 0.25) is 11.8 Å². The Morgan fingerprint density at radius 1 is 0.951 bits per heavy atom. The van der Waals surface area contributed by atoms with Gasteiger partial charge in [0.05, 0.1) is 35.8 Å². The quantitative estimate of drug-likeness (QED) is 0.419. The molecule has 1 N–H and O–H groups in total. The molecule has 2 aromatic rings. The lowest BCUT2D eigenvalue weighted by molar-refractivity contribution is -0.154. The molecular formula is C33H36N2O5S. The lowest BCUT2D eigenvalue weighted by Gasteiger charge is -2.40. The molecule has 1 unspecified atom stereocenters. The number of likely N-dealkylation sites (tertiary alicyclic amines) is 1. The number of cyclic esters (lactones) is 1. The van der Waals surface area contributed by atoms with E-state index in [9.17, 15) is 19.5 Å². The third kappa shape index (κ3) is 4.81. The lowest BCUT2D eigenvalue weighted by atomic mass is 9.74. The summed E-state index contributed by atoms with van der Waals surface area (Å²) >= 11 is 1.54. The number of amides is 2. The Hall–Kier alpha value is -3.36. The van der Waals surface area contributed by atoms with E-state index in [0.717, 1.165) is 24.0 Å². The van der Waals surface area contributed by atoms with E-state index < -0.39 is 39.4 Å². The van der Waals surface area contributed by atoms with Gasteiger partial charge in [0, 0.05) is 17.8 Å². The van der Waals surface area contributed by atoms with Gasteiger partial charge in [-0.1, -0.05) is 85.0 Å². The van der Waals surface area contributed by atoms with Crippen LogP contribution in [0.5, 0.6) is 0 Å². The van der Waals surface area contributed by atoms with Crippen LogP contribution in [-0.2, 0) is 32.1 Å². The monoisotopic (exact) mass is 572 g/mol. The minimum absolute atomic E-state index is 0.166. The largest absolute Gasteiger partial charge is 0.465 e. The van der Waals surface area contributed by atoms with Crippen LogP contribution in [0.15, 0.2) is 85.0 Å². The molecule has 2 aromatic carbocycles. The van der Waals surface area contributed by atoms with E-state index in [-0.39, 0.29) is 18.4 Å². The van der Waals surface area contributed by atoms with Crippen LogP contribution in [0.1, 0.15) is 30.9 Å². The summed E-state index contributed by atoms with van der Waals surface area (Å²) in [5, 5.41) is 10.7. The van der Waals surface area contributed by atoms with Crippen molar-refractivity contribution in [2.75, 3.05) is 19.8 Å². The van der Waals surface area contributed by atoms with Gasteiger partial charge in [0.25, 0.3) is 0 Å². The van der Waals surface area contributed by atoms with Gasteiger partial charge in [-0.05, 0) is 37.3 Å². The smallest absolute Gasteiger partial charge is 0.311 e. The molecular weight excluding hydrogens is 536 g/mol. The van der Waals surface area contributed by atoms with Gasteiger partial charge < -0.3 is 19.6 Å². The molecule has 1 spiro atoms. The van der Waals surface area contributed by atoms with Crippen LogP contribution in [0, 0.1) is 11.8 Å². The minimum Gasteiger partial charge on any atom is -0.465 e. The summed E-state index contributed by atoms with van der Waals surface area (Å²) in [6.07, 6.45) is 10.0. The number of thioether (sulfide) groups is 1. The first-order valence-electron chi connectivity index (χ1n) is 14.4. The number of aliphatic hydroxyl groups is 1. The van der Waals surface area contributed by atoms with Crippen molar-refractivity contribution in [1.29, 1.82) is 0 Å². The number of nitrogens with zero attached hydrogens (tertiary/aromatic N) is 2. The molecule has 0 aliphatic carbocycles. The minimum atomic E-state index is -0.980. The van der Waals surface area contributed by atoms with Gasteiger partial charge >= 0.3 is 5.97 Å². The Morgan fingerprint density at radius 2 is 1.66 bits per heavy atom. The number of hydrogen-bond acceptors (Lipinski definition) is 6. The van der Waals surface area contributed by atoms with Crippen LogP contribution in [0.2, 0.25) is 0 Å². The Morgan fingerprint density at radius 3 is 2.37 bits per heavy atom. The van der Waals surface area contributed by atoms with Crippen molar-refractivity contribution in [3.05, 3.63) is 96.1 Å². The van der Waals surface area contributed by atoms with Gasteiger partial charge in [-0.25, -0.2) is 0 Å². The van der Waals surface area contributed by atoms with Crippen molar-refractivity contribution in [3.63, 3.8) is 0 Å². The number of carbonyl (C=O) groups is 3. The molecule has 6 rings (SSSR count). The third-order valence-electron chi connectivity index (χ3n) is 8.91. The molecule has 2 amide bonds. The zero-order valence-corrected chi connectivity index (χ0v) is 24.0. The van der Waals surface area contributed by atoms with Gasteiger partial charge in [0.1, 0.15) is 6.04 Å². The van der Waals surface area contributed by atoms with Gasteiger partial charge in [-0.15, -0.1) is 11.8 Å². The molecule has 4 aliphatic heterocycles. The maximum atomic E-state index is 14.7. The molecule has 4 aliphatic rings. The fraction of sp³-hybridized carbons (Fsp3) is 0.424. The van der Waals surface area contributed by atoms with E-state index in [2.05, 4.69) is 12.2 Å². The number of esters is 1. The Kier molecular flexibility index (Phi) is 7.55. The predicted molar refractivity (Wildman–Crippen MR) is 158 cm³/mol. The Balaban J connectivity index is 1.46. The Labute approximate surface area is 245 Å². The van der Waals surface area contributed by atoms with E-state index in [1.165, 1.54) is 11.8 Å². The van der Waals surface area contributed by atoms with Crippen molar-refractivity contribution in [1.82, 2.24) is 9.80 Å². The highest BCUT2D eigenvalue weighted by atomic mass is 32.2. The summed E-state index contributed by atoms with van der Waals surface area (Å²) in [6.45, 7) is 2.79. The highest BCUT2D eigenvalue weighted by Gasteiger charge is 2.74. The van der Waals surface area contributed by atoms with Gasteiger partial charge in [0.15, 0.2) is 0 Å². The first kappa shape index (κ1) is 27.8. The number of benzene rings is 2. The van der Waals surface area contributed by atoms with Crippen LogP contribution >= 0.6 is 11.8 Å². The van der Waals surface area contributed by atoms with E-state index >= 15 is 0 Å². The van der Waals surface area contributed by atoms with Crippen molar-refractivity contribution < 1.29 is 24.2 Å². The second-order valence-corrected chi connectivity index (χ2v) is 13.4. The molecule has 7 nitrogen and oxygen atoms in total. The number of carbonyl (C=O) groups excluding carboxylic acids is 3. The second kappa shape index (κ2) is 11.1. The third-order valence-corrected chi connectivity index (χ3v) is 10.7. The van der Waals surface area contributed by atoms with E-state index in [0.29, 0.717) is 26.1 Å². The molecule has 41 heavy (non-hydrogen) atoms. The van der Waals surface area contributed by atoms with Crippen molar-refractivity contribution in [2.24, 2.45) is 11.8 Å². The zero-order chi connectivity index (χ0) is 28.6. The van der Waals surface area contributed by atoms with E-state index in [1.54, 1.807) is 9.80 Å². The van der Waals surface area contributed by atoms with Crippen LogP contribution in [0.4, 0.5) is 0 Å². The molecule has 0 aromatic heterocycles. The first-order valence-corrected chi connectivity index (χ1v) is 15.2. The summed E-state index contributed by atoms with van der Waals surface area (Å²) in [5.74, 6) is -2.37. The SMILES string of the molecule is C[C@]12/C=C\CCCOC(=O)[C@H]1[C@H]1C(=O)N([C@@H](CO)Cc3ccccc3)C3C(=O)N(Cc4ccccc4)CC=C[C@@]31S2. The summed E-state index contributed by atoms with van der Waals surface area (Å²) in [7, 11) is 0. The zero-order valence-electron chi connectivity index (χ0n) is 23.2. The molecule has 8 heteroatoms. The number of allylic oxidation sites excluding steroid dienone is 1. The maximum absolute atomic E-state index is 14.7. The maximum Gasteiger partial charge on any atom is 0.311 e. The highest BCUT2D eigenvalue weighted by Crippen LogP contribution is 2.65. The molecule has 6 atom stereocenters. The first-order chi connectivity index (χ1) is 19.9. The topological polar surface area (TPSA) is 87.1 Å². The summed E-state index contributed by atoms with van der Waals surface area (Å²) in [5.41, 5.74) is 1.96. The van der Waals surface area contributed by atoms with Crippen molar-refractivity contribution in [3.8, 4) is 0 Å².